The smallest absolute Gasteiger partial charge is 0.111 e. The molecule has 0 saturated heterocycles. The van der Waals surface area contributed by atoms with Crippen molar-refractivity contribution in [2.24, 2.45) is 0 Å². The molecule has 0 unspecified atom stereocenters. The third kappa shape index (κ3) is 4.70. The molecule has 6 heteroatoms. The Kier molecular flexibility index (Phi) is 7.49. The lowest BCUT2D eigenvalue weighted by atomic mass is 10.0. The van der Waals surface area contributed by atoms with Crippen molar-refractivity contribution in [3.8, 4) is 0 Å². The largest absolute Gasteiger partial charge is 0.394 e. The van der Waals surface area contributed by atoms with Crippen molar-refractivity contribution in [3.05, 3.63) is 12.7 Å². The maximum atomic E-state index is 9.47. The summed E-state index contributed by atoms with van der Waals surface area (Å²) in [5.74, 6) is 0. The minimum absolute atomic E-state index is 0.101. The van der Waals surface area contributed by atoms with Crippen LogP contribution in [0.15, 0.2) is 12.7 Å². The minimum atomic E-state index is -1.57. The van der Waals surface area contributed by atoms with Gasteiger partial charge in [0.2, 0.25) is 0 Å². The molecule has 15 heavy (non-hydrogen) atoms. The Bertz CT molecular complexity index is 174. The molecule has 0 radical (unpaired) electrons. The molecule has 0 aromatic carbocycles. The normalized spacial score (nSPS) is 19.3. The van der Waals surface area contributed by atoms with E-state index >= 15 is 0 Å². The van der Waals surface area contributed by atoms with Gasteiger partial charge in [-0.05, 0) is 0 Å². The van der Waals surface area contributed by atoms with E-state index in [1.807, 2.05) is 0 Å². The predicted octanol–water partition coefficient (Wildman–Crippen LogP) is -2.38. The van der Waals surface area contributed by atoms with Crippen LogP contribution in [0.25, 0.3) is 0 Å². The quantitative estimate of drug-likeness (QED) is 0.293. The standard InChI is InChI=1S/C9H18O6/c1-2-3-15-7(5-11)9(14)8(13)6(12)4-10/h2,6-14H,1,3-5H2/t6-,7-,8-,9-/m1/s1. The van der Waals surface area contributed by atoms with Gasteiger partial charge >= 0.3 is 0 Å². The zero-order valence-electron chi connectivity index (χ0n) is 8.36. The van der Waals surface area contributed by atoms with Crippen molar-refractivity contribution in [1.29, 1.82) is 0 Å². The Balaban J connectivity index is 4.22. The molecule has 0 aromatic rings. The monoisotopic (exact) mass is 222 g/mol. The number of rotatable bonds is 8. The molecule has 0 heterocycles. The van der Waals surface area contributed by atoms with Crippen molar-refractivity contribution in [3.63, 3.8) is 0 Å². The van der Waals surface area contributed by atoms with E-state index in [1.54, 1.807) is 0 Å². The van der Waals surface area contributed by atoms with Crippen molar-refractivity contribution < 1.29 is 30.3 Å². The molecule has 0 saturated carbocycles. The Hall–Kier alpha value is -0.500. The van der Waals surface area contributed by atoms with Gasteiger partial charge in [-0.15, -0.1) is 6.58 Å². The minimum Gasteiger partial charge on any atom is -0.394 e. The topological polar surface area (TPSA) is 110 Å². The lowest BCUT2D eigenvalue weighted by Gasteiger charge is -2.27. The first kappa shape index (κ1) is 14.5. The molecular weight excluding hydrogens is 204 g/mol. The third-order valence-corrected chi connectivity index (χ3v) is 1.92. The number of hydrogen-bond donors (Lipinski definition) is 5. The van der Waals surface area contributed by atoms with Crippen molar-refractivity contribution in [2.75, 3.05) is 19.8 Å². The SMILES string of the molecule is C=CCO[C@H](CO)[C@@H](O)[C@H](O)[C@H](O)CO. The van der Waals surface area contributed by atoms with Gasteiger partial charge in [0.15, 0.2) is 0 Å². The molecule has 0 fully saturated rings. The van der Waals surface area contributed by atoms with Gasteiger partial charge in [-0.25, -0.2) is 0 Å². The first-order chi connectivity index (χ1) is 7.08. The lowest BCUT2D eigenvalue weighted by molar-refractivity contribution is -0.137. The number of hydrogen-bond acceptors (Lipinski definition) is 6. The fraction of sp³-hybridized carbons (Fsp3) is 0.778. The van der Waals surface area contributed by atoms with Crippen LogP contribution < -0.4 is 0 Å². The van der Waals surface area contributed by atoms with Gasteiger partial charge in [-0.2, -0.15) is 0 Å². The molecule has 4 atom stereocenters. The molecule has 6 nitrogen and oxygen atoms in total. The zero-order chi connectivity index (χ0) is 11.8. The number of aliphatic hydroxyl groups is 5. The summed E-state index contributed by atoms with van der Waals surface area (Å²) in [5, 5.41) is 45.2. The third-order valence-electron chi connectivity index (χ3n) is 1.92. The maximum absolute atomic E-state index is 9.47. The first-order valence-corrected chi connectivity index (χ1v) is 4.56. The molecule has 0 amide bonds. The average molecular weight is 222 g/mol. The van der Waals surface area contributed by atoms with E-state index in [-0.39, 0.29) is 6.61 Å². The summed E-state index contributed by atoms with van der Waals surface area (Å²) in [7, 11) is 0. The molecule has 0 aliphatic carbocycles. The highest BCUT2D eigenvalue weighted by Crippen LogP contribution is 2.08. The Morgan fingerprint density at radius 3 is 2.07 bits per heavy atom. The molecule has 90 valence electrons. The van der Waals surface area contributed by atoms with Crippen molar-refractivity contribution in [2.45, 2.75) is 24.4 Å². The van der Waals surface area contributed by atoms with E-state index < -0.39 is 37.6 Å². The summed E-state index contributed by atoms with van der Waals surface area (Å²) < 4.78 is 4.95. The van der Waals surface area contributed by atoms with Crippen molar-refractivity contribution in [1.82, 2.24) is 0 Å². The average Bonchev–Trinajstić information content (AvgIpc) is 2.27. The van der Waals surface area contributed by atoms with E-state index in [0.29, 0.717) is 0 Å². The fourth-order valence-electron chi connectivity index (χ4n) is 1.01. The van der Waals surface area contributed by atoms with E-state index in [2.05, 4.69) is 6.58 Å². The molecule has 0 rings (SSSR count). The predicted molar refractivity (Wildman–Crippen MR) is 52.1 cm³/mol. The number of aliphatic hydroxyl groups excluding tert-OH is 5. The number of ether oxygens (including phenoxy) is 1. The summed E-state index contributed by atoms with van der Waals surface area (Å²) in [5.41, 5.74) is 0. The van der Waals surface area contributed by atoms with Gasteiger partial charge in [0.1, 0.15) is 24.4 Å². The van der Waals surface area contributed by atoms with Gasteiger partial charge < -0.3 is 30.3 Å². The highest BCUT2D eigenvalue weighted by atomic mass is 16.5. The molecule has 0 aliphatic rings. The summed E-state index contributed by atoms with van der Waals surface area (Å²) in [4.78, 5) is 0. The Morgan fingerprint density at radius 2 is 1.67 bits per heavy atom. The summed E-state index contributed by atoms with van der Waals surface area (Å²) in [6.45, 7) is 2.29. The molecule has 0 aliphatic heterocycles. The fourth-order valence-corrected chi connectivity index (χ4v) is 1.01. The van der Waals surface area contributed by atoms with Gasteiger partial charge in [0, 0.05) is 0 Å². The maximum Gasteiger partial charge on any atom is 0.111 e. The second kappa shape index (κ2) is 7.75. The van der Waals surface area contributed by atoms with Gasteiger partial charge in [-0.1, -0.05) is 6.08 Å². The zero-order valence-corrected chi connectivity index (χ0v) is 8.36. The van der Waals surface area contributed by atoms with Crippen LogP contribution in [0, 0.1) is 0 Å². The van der Waals surface area contributed by atoms with E-state index in [0.717, 1.165) is 0 Å². The summed E-state index contributed by atoms with van der Waals surface area (Å²) in [6.07, 6.45) is -4.13. The second-order valence-corrected chi connectivity index (χ2v) is 3.07. The molecule has 0 spiro atoms. The Morgan fingerprint density at radius 1 is 1.07 bits per heavy atom. The van der Waals surface area contributed by atoms with Gasteiger partial charge in [-0.3, -0.25) is 0 Å². The second-order valence-electron chi connectivity index (χ2n) is 3.07. The van der Waals surface area contributed by atoms with Crippen molar-refractivity contribution >= 4 is 0 Å². The summed E-state index contributed by atoms with van der Waals surface area (Å²) >= 11 is 0. The highest BCUT2D eigenvalue weighted by Gasteiger charge is 2.31. The molecule has 0 bridgehead atoms. The van der Waals surface area contributed by atoms with E-state index in [9.17, 15) is 10.2 Å². The van der Waals surface area contributed by atoms with E-state index in [4.69, 9.17) is 20.1 Å². The van der Waals surface area contributed by atoms with Crippen LogP contribution in [0.4, 0.5) is 0 Å². The highest BCUT2D eigenvalue weighted by molar-refractivity contribution is 4.82. The van der Waals surface area contributed by atoms with Gasteiger partial charge in [0.25, 0.3) is 0 Å². The van der Waals surface area contributed by atoms with Crippen LogP contribution >= 0.6 is 0 Å². The molecule has 0 aromatic heterocycles. The lowest BCUT2D eigenvalue weighted by Crippen LogP contribution is -2.48. The first-order valence-electron chi connectivity index (χ1n) is 4.56. The van der Waals surface area contributed by atoms with Crippen LogP contribution in [0.5, 0.6) is 0 Å². The Labute approximate surface area is 88.1 Å². The summed E-state index contributed by atoms with van der Waals surface area (Å²) in [6, 6.07) is 0. The van der Waals surface area contributed by atoms with Crippen LogP contribution in [0.3, 0.4) is 0 Å². The van der Waals surface area contributed by atoms with Gasteiger partial charge in [0.05, 0.1) is 19.8 Å². The van der Waals surface area contributed by atoms with Crippen LogP contribution in [-0.4, -0.2) is 69.8 Å². The molecular formula is C9H18O6. The van der Waals surface area contributed by atoms with Crippen LogP contribution in [0.2, 0.25) is 0 Å². The van der Waals surface area contributed by atoms with Crippen LogP contribution in [0.1, 0.15) is 0 Å². The molecule has 5 N–H and O–H groups in total. The van der Waals surface area contributed by atoms with Crippen LogP contribution in [-0.2, 0) is 4.74 Å². The van der Waals surface area contributed by atoms with E-state index in [1.165, 1.54) is 6.08 Å².